The molecule has 0 bridgehead atoms. The van der Waals surface area contributed by atoms with Gasteiger partial charge >= 0.3 is 0 Å². The fraction of sp³-hybridized carbons (Fsp3) is 0.308. The summed E-state index contributed by atoms with van der Waals surface area (Å²) in [7, 11) is 0. The number of nitrogens with zero attached hydrogens (tertiary/aromatic N) is 2. The Morgan fingerprint density at radius 1 is 1.38 bits per heavy atom. The summed E-state index contributed by atoms with van der Waals surface area (Å²) in [6, 6.07) is 9.26. The van der Waals surface area contributed by atoms with Crippen LogP contribution in [0.1, 0.15) is 23.7 Å². The van der Waals surface area contributed by atoms with Crippen molar-refractivity contribution in [3.05, 3.63) is 47.3 Å². The second kappa shape index (κ2) is 5.45. The van der Waals surface area contributed by atoms with Crippen LogP contribution >= 0.6 is 0 Å². The van der Waals surface area contributed by atoms with Gasteiger partial charge in [0, 0.05) is 27.3 Å². The van der Waals surface area contributed by atoms with Gasteiger partial charge in [-0.3, -0.25) is 4.68 Å². The van der Waals surface area contributed by atoms with Gasteiger partial charge in [-0.1, -0.05) is 13.8 Å². The van der Waals surface area contributed by atoms with Crippen LogP contribution in [-0.4, -0.2) is 9.78 Å². The SMILES string of the molecule is CCc1cn(-c2[c-]ccc(C)c2)nc1C.[Pt]. The minimum absolute atomic E-state index is 0. The summed E-state index contributed by atoms with van der Waals surface area (Å²) in [6.07, 6.45) is 3.11. The van der Waals surface area contributed by atoms with Crippen molar-refractivity contribution in [1.29, 1.82) is 0 Å². The Morgan fingerprint density at radius 2 is 2.12 bits per heavy atom. The number of hydrogen-bond donors (Lipinski definition) is 0. The van der Waals surface area contributed by atoms with Gasteiger partial charge in [-0.2, -0.15) is 28.9 Å². The summed E-state index contributed by atoms with van der Waals surface area (Å²) in [4.78, 5) is 0. The predicted molar refractivity (Wildman–Crippen MR) is 61.3 cm³/mol. The Hall–Kier alpha value is -0.882. The first-order chi connectivity index (χ1) is 7.20. The molecule has 1 heterocycles. The first-order valence-corrected chi connectivity index (χ1v) is 5.24. The van der Waals surface area contributed by atoms with Crippen LogP contribution < -0.4 is 0 Å². The molecule has 0 N–H and O–H groups in total. The predicted octanol–water partition coefficient (Wildman–Crippen LogP) is 2.85. The average molecular weight is 394 g/mol. The summed E-state index contributed by atoms with van der Waals surface area (Å²) in [6.45, 7) is 6.27. The van der Waals surface area contributed by atoms with Crippen molar-refractivity contribution in [2.45, 2.75) is 27.2 Å². The van der Waals surface area contributed by atoms with Gasteiger partial charge < -0.3 is 0 Å². The van der Waals surface area contributed by atoms with Gasteiger partial charge in [0.15, 0.2) is 0 Å². The van der Waals surface area contributed by atoms with Crippen molar-refractivity contribution in [2.24, 2.45) is 0 Å². The Kier molecular flexibility index (Phi) is 4.49. The molecule has 0 saturated heterocycles. The molecule has 0 radical (unpaired) electrons. The van der Waals surface area contributed by atoms with Crippen molar-refractivity contribution in [3.8, 4) is 5.69 Å². The molecule has 2 nitrogen and oxygen atoms in total. The number of aryl methyl sites for hydroxylation is 3. The Balaban J connectivity index is 0.00000128. The maximum Gasteiger partial charge on any atom is 0.0629 e. The minimum Gasteiger partial charge on any atom is -0.265 e. The molecule has 3 heteroatoms. The molecule has 2 rings (SSSR count). The molecule has 16 heavy (non-hydrogen) atoms. The molecule has 0 atom stereocenters. The summed E-state index contributed by atoms with van der Waals surface area (Å²) in [5.74, 6) is 0. The Bertz CT molecular complexity index is 475. The molecule has 0 amide bonds. The third-order valence-corrected chi connectivity index (χ3v) is 2.57. The van der Waals surface area contributed by atoms with E-state index in [0.717, 1.165) is 17.8 Å². The molecular formula is C13H15N2Pt-. The summed E-state index contributed by atoms with van der Waals surface area (Å²) in [5.41, 5.74) is 4.64. The monoisotopic (exact) mass is 394 g/mol. The van der Waals surface area contributed by atoms with Crippen molar-refractivity contribution < 1.29 is 21.1 Å². The topological polar surface area (TPSA) is 17.8 Å². The maximum atomic E-state index is 4.48. The molecule has 0 aliphatic rings. The smallest absolute Gasteiger partial charge is 0.0629 e. The van der Waals surface area contributed by atoms with E-state index in [9.17, 15) is 0 Å². The molecule has 0 aliphatic heterocycles. The summed E-state index contributed by atoms with van der Waals surface area (Å²) in [5, 5.41) is 4.48. The van der Waals surface area contributed by atoms with E-state index in [4.69, 9.17) is 0 Å². The van der Waals surface area contributed by atoms with Crippen molar-refractivity contribution >= 4 is 0 Å². The molecule has 0 spiro atoms. The molecule has 0 saturated carbocycles. The molecule has 0 fully saturated rings. The molecular weight excluding hydrogens is 379 g/mol. The van der Waals surface area contributed by atoms with E-state index < -0.39 is 0 Å². The quantitative estimate of drug-likeness (QED) is 0.717. The Morgan fingerprint density at radius 3 is 2.69 bits per heavy atom. The first kappa shape index (κ1) is 13.2. The largest absolute Gasteiger partial charge is 0.265 e. The van der Waals surface area contributed by atoms with Gasteiger partial charge in [0.05, 0.1) is 5.69 Å². The average Bonchev–Trinajstić information content (AvgIpc) is 2.60. The van der Waals surface area contributed by atoms with Crippen molar-refractivity contribution in [2.75, 3.05) is 0 Å². The normalized spacial score (nSPS) is 9.94. The number of hydrogen-bond acceptors (Lipinski definition) is 1. The van der Waals surface area contributed by atoms with Crippen molar-refractivity contribution in [1.82, 2.24) is 9.78 Å². The zero-order valence-corrected chi connectivity index (χ0v) is 12.0. The van der Waals surface area contributed by atoms with E-state index in [1.54, 1.807) is 0 Å². The van der Waals surface area contributed by atoms with Gasteiger partial charge in [0.2, 0.25) is 0 Å². The van der Waals surface area contributed by atoms with Crippen LogP contribution in [0.2, 0.25) is 0 Å². The fourth-order valence-electron chi connectivity index (χ4n) is 1.66. The number of aromatic nitrogens is 2. The van der Waals surface area contributed by atoms with E-state index in [2.05, 4.69) is 37.3 Å². The summed E-state index contributed by atoms with van der Waals surface area (Å²) < 4.78 is 1.90. The summed E-state index contributed by atoms with van der Waals surface area (Å²) >= 11 is 0. The van der Waals surface area contributed by atoms with E-state index in [-0.39, 0.29) is 21.1 Å². The molecule has 0 unspecified atom stereocenters. The van der Waals surface area contributed by atoms with Crippen LogP contribution in [0, 0.1) is 19.9 Å². The van der Waals surface area contributed by atoms with E-state index >= 15 is 0 Å². The van der Waals surface area contributed by atoms with E-state index in [0.29, 0.717) is 0 Å². The number of rotatable bonds is 2. The van der Waals surface area contributed by atoms with Gasteiger partial charge in [0.1, 0.15) is 0 Å². The van der Waals surface area contributed by atoms with E-state index in [1.807, 2.05) is 23.7 Å². The van der Waals surface area contributed by atoms with Crippen LogP contribution in [0.25, 0.3) is 5.69 Å². The molecule has 2 aromatic rings. The fourth-order valence-corrected chi connectivity index (χ4v) is 1.66. The third-order valence-electron chi connectivity index (χ3n) is 2.57. The van der Waals surface area contributed by atoms with Gasteiger partial charge in [-0.25, -0.2) is 0 Å². The van der Waals surface area contributed by atoms with Crippen LogP contribution in [0.15, 0.2) is 24.4 Å². The molecule has 1 aromatic carbocycles. The van der Waals surface area contributed by atoms with Crippen LogP contribution in [0.5, 0.6) is 0 Å². The second-order valence-corrected chi connectivity index (χ2v) is 3.79. The maximum absolute atomic E-state index is 4.48. The van der Waals surface area contributed by atoms with Gasteiger partial charge in [-0.15, -0.1) is 6.07 Å². The zero-order chi connectivity index (χ0) is 10.8. The standard InChI is InChI=1S/C13H15N2.Pt/c1-4-12-9-15(14-11(12)3)13-7-5-6-10(2)8-13;/h5-6,8-9H,4H2,1-3H3;/q-1;. The van der Waals surface area contributed by atoms with Crippen LogP contribution in [0.3, 0.4) is 0 Å². The van der Waals surface area contributed by atoms with Crippen molar-refractivity contribution in [3.63, 3.8) is 0 Å². The molecule has 88 valence electrons. The number of benzene rings is 1. The minimum atomic E-state index is 0. The second-order valence-electron chi connectivity index (χ2n) is 3.79. The Labute approximate surface area is 111 Å². The van der Waals surface area contributed by atoms with Crippen LogP contribution in [0.4, 0.5) is 0 Å². The zero-order valence-electron chi connectivity index (χ0n) is 9.73. The third kappa shape index (κ3) is 2.62. The van der Waals surface area contributed by atoms with Gasteiger partial charge in [0.25, 0.3) is 0 Å². The molecule has 1 aromatic heterocycles. The van der Waals surface area contributed by atoms with E-state index in [1.165, 1.54) is 11.1 Å². The molecule has 0 aliphatic carbocycles. The first-order valence-electron chi connectivity index (χ1n) is 5.24. The van der Waals surface area contributed by atoms with Crippen LogP contribution in [-0.2, 0) is 27.5 Å². The van der Waals surface area contributed by atoms with Gasteiger partial charge in [-0.05, 0) is 24.6 Å².